The van der Waals surface area contributed by atoms with Crippen LogP contribution in [-0.4, -0.2) is 28.7 Å². The molecule has 0 atom stereocenters. The normalized spacial score (nSPS) is 10.8. The highest BCUT2D eigenvalue weighted by Gasteiger charge is 2.12. The van der Waals surface area contributed by atoms with Crippen molar-refractivity contribution in [3.63, 3.8) is 0 Å². The predicted molar refractivity (Wildman–Crippen MR) is 130 cm³/mol. The summed E-state index contributed by atoms with van der Waals surface area (Å²) >= 11 is 6.14. The summed E-state index contributed by atoms with van der Waals surface area (Å²) in [5.41, 5.74) is 1.96. The van der Waals surface area contributed by atoms with Gasteiger partial charge in [-0.3, -0.25) is 4.79 Å². The van der Waals surface area contributed by atoms with E-state index in [9.17, 15) is 4.79 Å². The number of nitrogens with one attached hydrogen (secondary N) is 1. The Balaban J connectivity index is 1.31. The van der Waals surface area contributed by atoms with Gasteiger partial charge in [0.2, 0.25) is 0 Å². The van der Waals surface area contributed by atoms with Crippen molar-refractivity contribution in [3.05, 3.63) is 89.7 Å². The molecule has 0 saturated heterocycles. The Bertz CT molecular complexity index is 1190. The molecule has 1 aromatic heterocycles. The largest absolute Gasteiger partial charge is 0.492 e. The number of aromatic nitrogens is 2. The van der Waals surface area contributed by atoms with Crippen LogP contribution in [-0.2, 0) is 17.9 Å². The first kappa shape index (κ1) is 22.7. The van der Waals surface area contributed by atoms with Crippen molar-refractivity contribution in [1.29, 1.82) is 0 Å². The number of halogens is 1. The third-order valence-corrected chi connectivity index (χ3v) is 5.47. The van der Waals surface area contributed by atoms with Crippen molar-refractivity contribution in [1.82, 2.24) is 14.9 Å². The maximum atomic E-state index is 12.3. The summed E-state index contributed by atoms with van der Waals surface area (Å²) < 4.78 is 13.5. The van der Waals surface area contributed by atoms with E-state index < -0.39 is 0 Å². The third-order valence-electron chi connectivity index (χ3n) is 5.16. The molecule has 0 fully saturated rings. The van der Waals surface area contributed by atoms with Crippen LogP contribution in [0.1, 0.15) is 18.7 Å². The lowest BCUT2D eigenvalue weighted by atomic mass is 10.3. The topological polar surface area (TPSA) is 65.4 Å². The number of rotatable bonds is 11. The maximum Gasteiger partial charge on any atom is 0.258 e. The Morgan fingerprint density at radius 3 is 2.52 bits per heavy atom. The number of carbonyl (C=O) groups excluding carboxylic acids is 1. The molecule has 0 bridgehead atoms. The summed E-state index contributed by atoms with van der Waals surface area (Å²) in [6, 6.07) is 24.8. The molecule has 0 aliphatic rings. The number of para-hydroxylation sites is 4. The van der Waals surface area contributed by atoms with Crippen LogP contribution >= 0.6 is 11.6 Å². The molecule has 6 nitrogen and oxygen atoms in total. The first-order chi connectivity index (χ1) is 16.2. The number of imidazole rings is 1. The molecule has 3 aromatic carbocycles. The zero-order valence-electron chi connectivity index (χ0n) is 18.2. The Kier molecular flexibility index (Phi) is 7.82. The average molecular weight is 464 g/mol. The van der Waals surface area contributed by atoms with Gasteiger partial charge in [-0.1, -0.05) is 54.1 Å². The van der Waals surface area contributed by atoms with Crippen LogP contribution in [0.15, 0.2) is 78.9 Å². The van der Waals surface area contributed by atoms with Gasteiger partial charge < -0.3 is 19.4 Å². The zero-order chi connectivity index (χ0) is 22.9. The summed E-state index contributed by atoms with van der Waals surface area (Å²) in [5.74, 6) is 1.99. The second kappa shape index (κ2) is 11.4. The SMILES string of the molecule is O=C(COc1ccccc1)NCc1nc2ccccc2n1CCCCOc1ccccc1Cl. The lowest BCUT2D eigenvalue weighted by molar-refractivity contribution is -0.123. The molecular weight excluding hydrogens is 438 g/mol. The Morgan fingerprint density at radius 2 is 1.67 bits per heavy atom. The minimum absolute atomic E-state index is 0.0381. The fourth-order valence-corrected chi connectivity index (χ4v) is 3.71. The highest BCUT2D eigenvalue weighted by molar-refractivity contribution is 6.32. The molecule has 7 heteroatoms. The molecule has 1 amide bonds. The molecule has 0 radical (unpaired) electrons. The number of fused-ring (bicyclic) bond motifs is 1. The van der Waals surface area contributed by atoms with Crippen molar-refractivity contribution in [2.24, 2.45) is 0 Å². The van der Waals surface area contributed by atoms with Crippen LogP contribution in [0, 0.1) is 0 Å². The van der Waals surface area contributed by atoms with E-state index >= 15 is 0 Å². The van der Waals surface area contributed by atoms with Gasteiger partial charge >= 0.3 is 0 Å². The number of benzene rings is 3. The molecule has 0 aliphatic heterocycles. The molecule has 1 N–H and O–H groups in total. The van der Waals surface area contributed by atoms with E-state index in [4.69, 9.17) is 26.1 Å². The molecule has 0 aliphatic carbocycles. The summed E-state index contributed by atoms with van der Waals surface area (Å²) in [6.07, 6.45) is 1.78. The van der Waals surface area contributed by atoms with Gasteiger partial charge in [0.25, 0.3) is 5.91 Å². The van der Waals surface area contributed by atoms with E-state index in [0.717, 1.165) is 36.2 Å². The summed E-state index contributed by atoms with van der Waals surface area (Å²) in [4.78, 5) is 17.0. The fraction of sp³-hybridized carbons (Fsp3) is 0.231. The van der Waals surface area contributed by atoms with Gasteiger partial charge in [0, 0.05) is 6.54 Å². The quantitative estimate of drug-likeness (QED) is 0.309. The second-order valence-corrected chi connectivity index (χ2v) is 7.94. The highest BCUT2D eigenvalue weighted by Crippen LogP contribution is 2.23. The van der Waals surface area contributed by atoms with Gasteiger partial charge in [0.05, 0.1) is 29.2 Å². The lowest BCUT2D eigenvalue weighted by Crippen LogP contribution is -2.29. The highest BCUT2D eigenvalue weighted by atomic mass is 35.5. The number of carbonyl (C=O) groups is 1. The molecule has 4 aromatic rings. The number of aryl methyl sites for hydroxylation is 1. The Morgan fingerprint density at radius 1 is 0.909 bits per heavy atom. The molecule has 0 saturated carbocycles. The van der Waals surface area contributed by atoms with Crippen molar-refractivity contribution in [2.45, 2.75) is 25.9 Å². The van der Waals surface area contributed by atoms with Gasteiger partial charge in [-0.15, -0.1) is 0 Å². The first-order valence-corrected chi connectivity index (χ1v) is 11.3. The second-order valence-electron chi connectivity index (χ2n) is 7.53. The molecule has 4 rings (SSSR count). The van der Waals surface area contributed by atoms with Crippen molar-refractivity contribution in [2.75, 3.05) is 13.2 Å². The number of amides is 1. The molecule has 1 heterocycles. The van der Waals surface area contributed by atoms with Gasteiger partial charge in [0.1, 0.15) is 17.3 Å². The first-order valence-electron chi connectivity index (χ1n) is 11.0. The van der Waals surface area contributed by atoms with E-state index in [0.29, 0.717) is 29.7 Å². The molecule has 0 unspecified atom stereocenters. The number of ether oxygens (including phenoxy) is 2. The van der Waals surface area contributed by atoms with Crippen molar-refractivity contribution < 1.29 is 14.3 Å². The molecule has 33 heavy (non-hydrogen) atoms. The third kappa shape index (κ3) is 6.26. The average Bonchev–Trinajstić information content (AvgIpc) is 3.20. The zero-order valence-corrected chi connectivity index (χ0v) is 19.0. The standard InChI is InChI=1S/C26H26ClN3O3/c27-21-12-4-7-15-24(21)32-17-9-8-16-30-23-14-6-5-13-22(23)29-25(30)18-28-26(31)19-33-20-10-2-1-3-11-20/h1-7,10-15H,8-9,16-19H2,(H,28,31). The smallest absolute Gasteiger partial charge is 0.258 e. The number of hydrogen-bond donors (Lipinski definition) is 1. The van der Waals surface area contributed by atoms with E-state index in [1.807, 2.05) is 78.9 Å². The Hall–Kier alpha value is -3.51. The van der Waals surface area contributed by atoms with Crippen LogP contribution < -0.4 is 14.8 Å². The van der Waals surface area contributed by atoms with E-state index in [-0.39, 0.29) is 12.5 Å². The van der Waals surface area contributed by atoms with E-state index in [1.54, 1.807) is 0 Å². The van der Waals surface area contributed by atoms with Crippen LogP contribution in [0.25, 0.3) is 11.0 Å². The van der Waals surface area contributed by atoms with Crippen LogP contribution in [0.4, 0.5) is 0 Å². The van der Waals surface area contributed by atoms with Gasteiger partial charge in [-0.2, -0.15) is 0 Å². The molecule has 0 spiro atoms. The monoisotopic (exact) mass is 463 g/mol. The van der Waals surface area contributed by atoms with Crippen LogP contribution in [0.5, 0.6) is 11.5 Å². The minimum atomic E-state index is -0.189. The van der Waals surface area contributed by atoms with Crippen LogP contribution in [0.2, 0.25) is 5.02 Å². The van der Waals surface area contributed by atoms with Crippen molar-refractivity contribution in [3.8, 4) is 11.5 Å². The molecule has 170 valence electrons. The van der Waals surface area contributed by atoms with E-state index in [2.05, 4.69) is 9.88 Å². The van der Waals surface area contributed by atoms with Crippen molar-refractivity contribution >= 4 is 28.5 Å². The van der Waals surface area contributed by atoms with Gasteiger partial charge in [-0.25, -0.2) is 4.98 Å². The number of hydrogen-bond acceptors (Lipinski definition) is 4. The van der Waals surface area contributed by atoms with E-state index in [1.165, 1.54) is 0 Å². The summed E-state index contributed by atoms with van der Waals surface area (Å²) in [5, 5.41) is 3.53. The van der Waals surface area contributed by atoms with Gasteiger partial charge in [0.15, 0.2) is 6.61 Å². The van der Waals surface area contributed by atoms with Gasteiger partial charge in [-0.05, 0) is 49.2 Å². The lowest BCUT2D eigenvalue weighted by Gasteiger charge is -2.11. The Labute approximate surface area is 198 Å². The van der Waals surface area contributed by atoms with Crippen LogP contribution in [0.3, 0.4) is 0 Å². The molecular formula is C26H26ClN3O3. The predicted octanol–water partition coefficient (Wildman–Crippen LogP) is 5.24. The summed E-state index contributed by atoms with van der Waals surface area (Å²) in [6.45, 7) is 1.66. The minimum Gasteiger partial charge on any atom is -0.492 e. The number of nitrogens with zero attached hydrogens (tertiary/aromatic N) is 2. The maximum absolute atomic E-state index is 12.3. The fourth-order valence-electron chi connectivity index (χ4n) is 3.52. The summed E-state index contributed by atoms with van der Waals surface area (Å²) in [7, 11) is 0. The number of unbranched alkanes of at least 4 members (excludes halogenated alkanes) is 1.